The van der Waals surface area contributed by atoms with Gasteiger partial charge in [-0.1, -0.05) is 11.6 Å². The fraction of sp³-hybridized carbons (Fsp3) is 0.300. The first-order chi connectivity index (χ1) is 6.79. The van der Waals surface area contributed by atoms with Gasteiger partial charge in [0.25, 0.3) is 0 Å². The minimum atomic E-state index is 0.222. The maximum Gasteiger partial charge on any atom is 0.151 e. The van der Waals surface area contributed by atoms with Crippen molar-refractivity contribution < 1.29 is 14.3 Å². The van der Waals surface area contributed by atoms with Crippen LogP contribution in [0.4, 0.5) is 0 Å². The molecule has 3 nitrogen and oxygen atoms in total. The Morgan fingerprint density at radius 1 is 1.64 bits per heavy atom. The molecular weight excluding hydrogens is 204 g/mol. The summed E-state index contributed by atoms with van der Waals surface area (Å²) in [6.45, 7) is 1.30. The number of rotatable bonds is 4. The third-order valence-corrected chi connectivity index (χ3v) is 2.26. The monoisotopic (exact) mass is 212 g/mol. The van der Waals surface area contributed by atoms with E-state index >= 15 is 0 Å². The highest BCUT2D eigenvalue weighted by Crippen LogP contribution is 2.22. The molecule has 1 fully saturated rings. The van der Waals surface area contributed by atoms with E-state index < -0.39 is 0 Å². The molecule has 14 heavy (non-hydrogen) atoms. The van der Waals surface area contributed by atoms with Gasteiger partial charge in [0.2, 0.25) is 0 Å². The summed E-state index contributed by atoms with van der Waals surface area (Å²) in [5.41, 5.74) is 0.474. The highest BCUT2D eigenvalue weighted by molar-refractivity contribution is 6.33. The Kier molecular flexibility index (Phi) is 2.70. The van der Waals surface area contributed by atoms with Crippen molar-refractivity contribution in [1.29, 1.82) is 0 Å². The van der Waals surface area contributed by atoms with Gasteiger partial charge in [0, 0.05) is 5.56 Å². The molecule has 0 aromatic heterocycles. The van der Waals surface area contributed by atoms with Gasteiger partial charge >= 0.3 is 0 Å². The SMILES string of the molecule is O=Cc1ccc(OC[C@@H]2CO2)cc1Cl. The topological polar surface area (TPSA) is 38.8 Å². The van der Waals surface area contributed by atoms with Gasteiger partial charge < -0.3 is 9.47 Å². The molecule has 0 aliphatic carbocycles. The molecule has 1 heterocycles. The van der Waals surface area contributed by atoms with Crippen LogP contribution in [0.25, 0.3) is 0 Å². The normalized spacial score (nSPS) is 19.1. The van der Waals surface area contributed by atoms with Crippen molar-refractivity contribution in [3.05, 3.63) is 28.8 Å². The zero-order chi connectivity index (χ0) is 9.97. The van der Waals surface area contributed by atoms with Crippen LogP contribution in [0, 0.1) is 0 Å². The Morgan fingerprint density at radius 3 is 3.00 bits per heavy atom. The van der Waals surface area contributed by atoms with E-state index in [0.29, 0.717) is 22.9 Å². The lowest BCUT2D eigenvalue weighted by molar-refractivity contribution is 0.112. The second kappa shape index (κ2) is 3.98. The Balaban J connectivity index is 2.02. The first-order valence-corrected chi connectivity index (χ1v) is 4.66. The van der Waals surface area contributed by atoms with Gasteiger partial charge in [0.15, 0.2) is 6.29 Å². The van der Waals surface area contributed by atoms with E-state index in [1.54, 1.807) is 18.2 Å². The van der Waals surface area contributed by atoms with E-state index in [9.17, 15) is 4.79 Å². The second-order valence-electron chi connectivity index (χ2n) is 3.07. The molecule has 0 bridgehead atoms. The van der Waals surface area contributed by atoms with Gasteiger partial charge in [-0.2, -0.15) is 0 Å². The van der Waals surface area contributed by atoms with Crippen molar-refractivity contribution in [3.8, 4) is 5.75 Å². The number of epoxide rings is 1. The van der Waals surface area contributed by atoms with E-state index in [1.165, 1.54) is 0 Å². The Morgan fingerprint density at radius 2 is 2.43 bits per heavy atom. The number of carbonyl (C=O) groups is 1. The smallest absolute Gasteiger partial charge is 0.151 e. The molecule has 1 atom stereocenters. The molecule has 0 radical (unpaired) electrons. The standard InChI is InChI=1S/C10H9ClO3/c11-10-3-8(2-1-7(10)4-12)13-5-9-6-14-9/h1-4,9H,5-6H2/t9-/m1/s1. The third-order valence-electron chi connectivity index (χ3n) is 1.94. The summed E-state index contributed by atoms with van der Waals surface area (Å²) in [5, 5.41) is 0.411. The Labute approximate surface area is 86.6 Å². The van der Waals surface area contributed by atoms with Crippen LogP contribution in [0.5, 0.6) is 5.75 Å². The van der Waals surface area contributed by atoms with Crippen molar-refractivity contribution in [2.24, 2.45) is 0 Å². The van der Waals surface area contributed by atoms with Crippen molar-refractivity contribution in [3.63, 3.8) is 0 Å². The molecule has 2 rings (SSSR count). The van der Waals surface area contributed by atoms with Gasteiger partial charge in [-0.05, 0) is 18.2 Å². The first-order valence-electron chi connectivity index (χ1n) is 4.29. The Bertz CT molecular complexity index is 347. The van der Waals surface area contributed by atoms with Crippen LogP contribution < -0.4 is 4.74 Å². The van der Waals surface area contributed by atoms with Gasteiger partial charge in [0.1, 0.15) is 18.5 Å². The molecule has 4 heteroatoms. The molecule has 1 saturated heterocycles. The fourth-order valence-corrected chi connectivity index (χ4v) is 1.26. The van der Waals surface area contributed by atoms with Gasteiger partial charge in [0.05, 0.1) is 11.6 Å². The summed E-state index contributed by atoms with van der Waals surface area (Å²) in [4.78, 5) is 10.5. The predicted octanol–water partition coefficient (Wildman–Crippen LogP) is 1.93. The molecule has 74 valence electrons. The summed E-state index contributed by atoms with van der Waals surface area (Å²) >= 11 is 5.82. The van der Waals surface area contributed by atoms with E-state index in [4.69, 9.17) is 21.1 Å². The highest BCUT2D eigenvalue weighted by atomic mass is 35.5. The highest BCUT2D eigenvalue weighted by Gasteiger charge is 2.23. The van der Waals surface area contributed by atoms with Crippen LogP contribution in [0.1, 0.15) is 10.4 Å². The zero-order valence-corrected chi connectivity index (χ0v) is 8.16. The minimum absolute atomic E-state index is 0.222. The number of hydrogen-bond acceptors (Lipinski definition) is 3. The van der Waals surface area contributed by atoms with Gasteiger partial charge in [-0.25, -0.2) is 0 Å². The lowest BCUT2D eigenvalue weighted by Crippen LogP contribution is -2.03. The molecule has 0 N–H and O–H groups in total. The van der Waals surface area contributed by atoms with Crippen LogP contribution in [0.3, 0.4) is 0 Å². The molecule has 0 unspecified atom stereocenters. The zero-order valence-electron chi connectivity index (χ0n) is 7.40. The summed E-state index contributed by atoms with van der Waals surface area (Å²) in [6.07, 6.45) is 0.940. The number of hydrogen-bond donors (Lipinski definition) is 0. The molecule has 0 saturated carbocycles. The number of benzene rings is 1. The number of carbonyl (C=O) groups excluding carboxylic acids is 1. The quantitative estimate of drug-likeness (QED) is 0.566. The minimum Gasteiger partial charge on any atom is -0.491 e. The molecule has 0 spiro atoms. The average molecular weight is 213 g/mol. The predicted molar refractivity (Wildman–Crippen MR) is 52.1 cm³/mol. The van der Waals surface area contributed by atoms with E-state index in [0.717, 1.165) is 12.9 Å². The van der Waals surface area contributed by atoms with Crippen molar-refractivity contribution in [2.45, 2.75) is 6.10 Å². The Hall–Kier alpha value is -1.06. The molecule has 1 aliphatic rings. The van der Waals surface area contributed by atoms with Crippen LogP contribution in [0.2, 0.25) is 5.02 Å². The molecule has 1 aliphatic heterocycles. The van der Waals surface area contributed by atoms with Crippen molar-refractivity contribution in [2.75, 3.05) is 13.2 Å². The number of halogens is 1. The van der Waals surface area contributed by atoms with Gasteiger partial charge in [-0.3, -0.25) is 4.79 Å². The van der Waals surface area contributed by atoms with E-state index in [2.05, 4.69) is 0 Å². The maximum atomic E-state index is 10.5. The fourth-order valence-electron chi connectivity index (χ4n) is 1.05. The molecule has 1 aromatic carbocycles. The lowest BCUT2D eigenvalue weighted by atomic mass is 10.2. The van der Waals surface area contributed by atoms with Gasteiger partial charge in [-0.15, -0.1) is 0 Å². The van der Waals surface area contributed by atoms with Crippen LogP contribution in [-0.2, 0) is 4.74 Å². The number of ether oxygens (including phenoxy) is 2. The average Bonchev–Trinajstić information content (AvgIpc) is 2.98. The molecule has 1 aromatic rings. The third kappa shape index (κ3) is 2.25. The maximum absolute atomic E-state index is 10.5. The largest absolute Gasteiger partial charge is 0.491 e. The van der Waals surface area contributed by atoms with Crippen LogP contribution in [0.15, 0.2) is 18.2 Å². The van der Waals surface area contributed by atoms with E-state index in [-0.39, 0.29) is 6.10 Å². The molecular formula is C10H9ClO3. The first kappa shape index (κ1) is 9.49. The second-order valence-corrected chi connectivity index (χ2v) is 3.47. The van der Waals surface area contributed by atoms with Crippen molar-refractivity contribution in [1.82, 2.24) is 0 Å². The molecule has 0 amide bonds. The van der Waals surface area contributed by atoms with Crippen LogP contribution in [-0.4, -0.2) is 25.6 Å². The van der Waals surface area contributed by atoms with Crippen LogP contribution >= 0.6 is 11.6 Å². The van der Waals surface area contributed by atoms with Crippen molar-refractivity contribution >= 4 is 17.9 Å². The summed E-state index contributed by atoms with van der Waals surface area (Å²) in [6, 6.07) is 4.99. The summed E-state index contributed by atoms with van der Waals surface area (Å²) in [5.74, 6) is 0.663. The van der Waals surface area contributed by atoms with E-state index in [1.807, 2.05) is 0 Å². The lowest BCUT2D eigenvalue weighted by Gasteiger charge is -2.04. The number of aldehydes is 1. The summed E-state index contributed by atoms with van der Waals surface area (Å²) in [7, 11) is 0. The summed E-state index contributed by atoms with van der Waals surface area (Å²) < 4.78 is 10.4.